The Hall–Kier alpha value is -1.64. The molecule has 0 radical (unpaired) electrons. The number of rotatable bonds is 3. The van der Waals surface area contributed by atoms with E-state index in [0.29, 0.717) is 6.42 Å². The molecule has 0 spiro atoms. The van der Waals surface area contributed by atoms with Crippen LogP contribution in [0.1, 0.15) is 79.9 Å². The number of benzene rings is 1. The molecule has 0 aliphatic heterocycles. The second kappa shape index (κ2) is 5.72. The summed E-state index contributed by atoms with van der Waals surface area (Å²) in [5.74, 6) is -0.424. The van der Waals surface area contributed by atoms with Gasteiger partial charge >= 0.3 is 5.97 Å². The van der Waals surface area contributed by atoms with E-state index < -0.39 is 5.97 Å². The average molecular weight is 328 g/mol. The summed E-state index contributed by atoms with van der Waals surface area (Å²) < 4.78 is 0. The summed E-state index contributed by atoms with van der Waals surface area (Å²) in [4.78, 5) is 24.5. The lowest BCUT2D eigenvalue weighted by molar-refractivity contribution is -0.142. The maximum Gasteiger partial charge on any atom is 0.303 e. The van der Waals surface area contributed by atoms with Crippen LogP contribution in [-0.4, -0.2) is 16.9 Å². The number of hydrogen-bond donors (Lipinski definition) is 1. The molecule has 3 atom stereocenters. The first-order chi connectivity index (χ1) is 11.2. The van der Waals surface area contributed by atoms with Crippen LogP contribution in [0, 0.1) is 18.3 Å². The smallest absolute Gasteiger partial charge is 0.303 e. The molecule has 3 nitrogen and oxygen atoms in total. The third-order valence-electron chi connectivity index (χ3n) is 6.79. The molecule has 0 saturated heterocycles. The van der Waals surface area contributed by atoms with E-state index in [1.165, 1.54) is 16.7 Å². The molecular weight excluding hydrogens is 300 g/mol. The third kappa shape index (κ3) is 2.40. The van der Waals surface area contributed by atoms with Crippen LogP contribution in [0.25, 0.3) is 0 Å². The molecule has 0 heterocycles. The number of aryl methyl sites for hydroxylation is 1. The summed E-state index contributed by atoms with van der Waals surface area (Å²) in [6.07, 6.45) is 4.48. The van der Waals surface area contributed by atoms with E-state index in [4.69, 9.17) is 0 Å². The zero-order chi connectivity index (χ0) is 17.7. The van der Waals surface area contributed by atoms with Gasteiger partial charge in [-0.2, -0.15) is 0 Å². The number of fused-ring (bicyclic) bond motifs is 3. The Kier molecular flexibility index (Phi) is 4.09. The highest BCUT2D eigenvalue weighted by Gasteiger charge is 2.54. The molecule has 3 heteroatoms. The van der Waals surface area contributed by atoms with Crippen molar-refractivity contribution in [2.45, 2.75) is 71.6 Å². The molecule has 1 aromatic rings. The van der Waals surface area contributed by atoms with Crippen molar-refractivity contribution >= 4 is 11.8 Å². The van der Waals surface area contributed by atoms with Crippen molar-refractivity contribution in [3.8, 4) is 0 Å². The predicted molar refractivity (Wildman–Crippen MR) is 94.6 cm³/mol. The average Bonchev–Trinajstić information content (AvgIpc) is 2.49. The Bertz CT molecular complexity index is 705. The molecule has 0 unspecified atom stereocenters. The quantitative estimate of drug-likeness (QED) is 0.876. The Morgan fingerprint density at radius 3 is 2.62 bits per heavy atom. The van der Waals surface area contributed by atoms with Gasteiger partial charge in [-0.05, 0) is 59.6 Å². The molecule has 1 N–H and O–H groups in total. The fourth-order valence-corrected chi connectivity index (χ4v) is 5.62. The lowest BCUT2D eigenvalue weighted by atomic mass is 9.48. The first-order valence-electron chi connectivity index (χ1n) is 9.11. The minimum atomic E-state index is -0.752. The van der Waals surface area contributed by atoms with Crippen LogP contribution >= 0.6 is 0 Å². The predicted octanol–water partition coefficient (Wildman–Crippen LogP) is 4.68. The summed E-state index contributed by atoms with van der Waals surface area (Å²) in [5, 5.41) is 9.40. The van der Waals surface area contributed by atoms with Crippen molar-refractivity contribution in [1.82, 2.24) is 0 Å². The van der Waals surface area contributed by atoms with Crippen LogP contribution in [0.2, 0.25) is 0 Å². The molecule has 2 aliphatic rings. The number of carbonyl (C=O) groups is 2. The van der Waals surface area contributed by atoms with Crippen LogP contribution in [0.15, 0.2) is 12.1 Å². The van der Waals surface area contributed by atoms with Gasteiger partial charge in [-0.1, -0.05) is 39.3 Å². The van der Waals surface area contributed by atoms with Crippen molar-refractivity contribution < 1.29 is 14.7 Å². The molecule has 1 fully saturated rings. The monoisotopic (exact) mass is 328 g/mol. The van der Waals surface area contributed by atoms with Crippen molar-refractivity contribution in [2.75, 3.05) is 0 Å². The number of carboxylic acids is 1. The van der Waals surface area contributed by atoms with E-state index in [1.807, 2.05) is 0 Å². The molecular formula is C21H28O3. The third-order valence-corrected chi connectivity index (χ3v) is 6.79. The largest absolute Gasteiger partial charge is 0.481 e. The lowest BCUT2D eigenvalue weighted by Crippen LogP contribution is -2.51. The van der Waals surface area contributed by atoms with Gasteiger partial charge in [0, 0.05) is 12.0 Å². The van der Waals surface area contributed by atoms with Gasteiger partial charge in [0.15, 0.2) is 5.78 Å². The van der Waals surface area contributed by atoms with E-state index in [-0.39, 0.29) is 29.0 Å². The molecule has 1 saturated carbocycles. The van der Waals surface area contributed by atoms with Crippen LogP contribution in [0.5, 0.6) is 0 Å². The van der Waals surface area contributed by atoms with Gasteiger partial charge in [-0.3, -0.25) is 9.59 Å². The topological polar surface area (TPSA) is 54.4 Å². The zero-order valence-corrected chi connectivity index (χ0v) is 15.2. The Labute approximate surface area is 144 Å². The molecule has 130 valence electrons. The van der Waals surface area contributed by atoms with Crippen LogP contribution < -0.4 is 0 Å². The number of aliphatic carboxylic acids is 1. The number of Topliss-reactive ketones (excluding diaryl/α,β-unsaturated/α-hetero) is 1. The van der Waals surface area contributed by atoms with Crippen molar-refractivity contribution in [2.24, 2.45) is 11.3 Å². The first-order valence-corrected chi connectivity index (χ1v) is 9.11. The number of ketones is 1. The van der Waals surface area contributed by atoms with Crippen LogP contribution in [0.3, 0.4) is 0 Å². The fourth-order valence-electron chi connectivity index (χ4n) is 5.62. The number of carboxylic acid groups (broad SMARTS) is 1. The fraction of sp³-hybridized carbons (Fsp3) is 0.619. The standard InChI is InChI=1S/C21H28O3/c1-5-14-13(2)7-8-15-19(14)16(22)11-17-20(3,12-18(23)24)9-6-10-21(15,17)4/h7-8,17H,5-6,9-12H2,1-4H3,(H,23,24)/t17-,20+,21+/m0/s1. The molecule has 1 aromatic carbocycles. The lowest BCUT2D eigenvalue weighted by Gasteiger charge is -2.55. The Balaban J connectivity index is 2.17. The van der Waals surface area contributed by atoms with E-state index in [9.17, 15) is 14.7 Å². The van der Waals surface area contributed by atoms with E-state index in [0.717, 1.165) is 31.2 Å². The van der Waals surface area contributed by atoms with Crippen LogP contribution in [0.4, 0.5) is 0 Å². The Morgan fingerprint density at radius 2 is 2.00 bits per heavy atom. The second-order valence-corrected chi connectivity index (χ2v) is 8.31. The SMILES string of the molecule is CCc1c(C)ccc2c1C(=O)C[C@H]1[C@@](C)(CC(=O)O)CCC[C@]21C. The van der Waals surface area contributed by atoms with Crippen molar-refractivity contribution in [3.63, 3.8) is 0 Å². The van der Waals surface area contributed by atoms with Gasteiger partial charge in [0.05, 0.1) is 6.42 Å². The molecule has 2 aliphatic carbocycles. The normalized spacial score (nSPS) is 32.2. The van der Waals surface area contributed by atoms with Gasteiger partial charge in [-0.15, -0.1) is 0 Å². The van der Waals surface area contributed by atoms with Crippen molar-refractivity contribution in [3.05, 3.63) is 34.4 Å². The van der Waals surface area contributed by atoms with E-state index >= 15 is 0 Å². The van der Waals surface area contributed by atoms with Gasteiger partial charge in [0.25, 0.3) is 0 Å². The highest BCUT2D eigenvalue weighted by molar-refractivity contribution is 6.01. The molecule has 0 aromatic heterocycles. The summed E-state index contributed by atoms with van der Waals surface area (Å²) in [7, 11) is 0. The number of carbonyl (C=O) groups excluding carboxylic acids is 1. The maximum absolute atomic E-state index is 13.0. The molecule has 3 rings (SSSR count). The minimum Gasteiger partial charge on any atom is -0.481 e. The summed E-state index contributed by atoms with van der Waals surface area (Å²) in [6, 6.07) is 4.28. The van der Waals surface area contributed by atoms with Gasteiger partial charge in [0.2, 0.25) is 0 Å². The van der Waals surface area contributed by atoms with E-state index in [1.54, 1.807) is 0 Å². The zero-order valence-electron chi connectivity index (χ0n) is 15.2. The van der Waals surface area contributed by atoms with Crippen molar-refractivity contribution in [1.29, 1.82) is 0 Å². The summed E-state index contributed by atoms with van der Waals surface area (Å²) >= 11 is 0. The van der Waals surface area contributed by atoms with E-state index in [2.05, 4.69) is 39.8 Å². The van der Waals surface area contributed by atoms with Gasteiger partial charge in [-0.25, -0.2) is 0 Å². The molecule has 0 amide bonds. The highest BCUT2D eigenvalue weighted by atomic mass is 16.4. The minimum absolute atomic E-state index is 0.0939. The van der Waals surface area contributed by atoms with Gasteiger partial charge < -0.3 is 5.11 Å². The maximum atomic E-state index is 13.0. The first kappa shape index (κ1) is 17.2. The molecule has 24 heavy (non-hydrogen) atoms. The second-order valence-electron chi connectivity index (χ2n) is 8.31. The Morgan fingerprint density at radius 1 is 1.29 bits per heavy atom. The summed E-state index contributed by atoms with van der Waals surface area (Å²) in [6.45, 7) is 8.53. The molecule has 0 bridgehead atoms. The highest BCUT2D eigenvalue weighted by Crippen LogP contribution is 2.58. The summed E-state index contributed by atoms with van der Waals surface area (Å²) in [5.41, 5.74) is 4.09. The number of hydrogen-bond acceptors (Lipinski definition) is 2. The van der Waals surface area contributed by atoms with Crippen LogP contribution in [-0.2, 0) is 16.6 Å². The van der Waals surface area contributed by atoms with Gasteiger partial charge in [0.1, 0.15) is 0 Å².